The number of nitrogens with zero attached hydrogens (tertiary/aromatic N) is 2. The Morgan fingerprint density at radius 2 is 1.56 bits per heavy atom. The van der Waals surface area contributed by atoms with Crippen LogP contribution in [0.4, 0.5) is 11.4 Å². The zero-order valence-corrected chi connectivity index (χ0v) is 19.9. The first-order valence-corrected chi connectivity index (χ1v) is 12.1. The fourth-order valence-electron chi connectivity index (χ4n) is 3.43. The normalized spacial score (nSPS) is 11.3. The Balaban J connectivity index is 1.67. The molecule has 0 fully saturated rings. The smallest absolute Gasteiger partial charge is 0.296 e. The summed E-state index contributed by atoms with van der Waals surface area (Å²) in [4.78, 5) is 25.4. The number of anilines is 2. The molecule has 0 radical (unpaired) electrons. The Bertz CT molecular complexity index is 1530. The van der Waals surface area contributed by atoms with Crippen molar-refractivity contribution in [3.05, 3.63) is 105 Å². The number of halogens is 1. The molecule has 8 nitrogen and oxygen atoms in total. The molecule has 174 valence electrons. The van der Waals surface area contributed by atoms with Crippen molar-refractivity contribution in [3.8, 4) is 5.69 Å². The molecule has 10 heteroatoms. The summed E-state index contributed by atoms with van der Waals surface area (Å²) < 4.78 is 31.7. The van der Waals surface area contributed by atoms with Gasteiger partial charge >= 0.3 is 0 Å². The van der Waals surface area contributed by atoms with Crippen molar-refractivity contribution >= 4 is 38.9 Å². The Morgan fingerprint density at radius 1 is 0.941 bits per heavy atom. The summed E-state index contributed by atoms with van der Waals surface area (Å²) in [5.74, 6) is -0.436. The predicted octanol–water partition coefficient (Wildman–Crippen LogP) is 4.19. The lowest BCUT2D eigenvalue weighted by atomic mass is 10.2. The number of hydrogen-bond acceptors (Lipinski definition) is 4. The Morgan fingerprint density at radius 3 is 2.21 bits per heavy atom. The molecule has 0 atom stereocenters. The molecule has 0 spiro atoms. The molecule has 0 aliphatic heterocycles. The summed E-state index contributed by atoms with van der Waals surface area (Å²) in [5.41, 5.74) is 0.971. The van der Waals surface area contributed by atoms with Gasteiger partial charge in [0.2, 0.25) is 0 Å². The largest absolute Gasteiger partial charge is 0.321 e. The van der Waals surface area contributed by atoms with Crippen molar-refractivity contribution in [2.45, 2.75) is 11.8 Å². The number of aromatic nitrogens is 2. The van der Waals surface area contributed by atoms with Crippen LogP contribution in [-0.4, -0.2) is 23.7 Å². The van der Waals surface area contributed by atoms with E-state index >= 15 is 0 Å². The summed E-state index contributed by atoms with van der Waals surface area (Å²) >= 11 is 6.19. The van der Waals surface area contributed by atoms with E-state index in [0.717, 1.165) is 0 Å². The molecular formula is C24H21ClN4O4S. The van der Waals surface area contributed by atoms with Crippen molar-refractivity contribution in [3.63, 3.8) is 0 Å². The molecule has 0 unspecified atom stereocenters. The number of rotatable bonds is 6. The Kier molecular flexibility index (Phi) is 6.32. The highest BCUT2D eigenvalue weighted by atomic mass is 35.5. The van der Waals surface area contributed by atoms with Gasteiger partial charge in [0.25, 0.3) is 21.5 Å². The number of hydrogen-bond donors (Lipinski definition) is 2. The van der Waals surface area contributed by atoms with Crippen LogP contribution in [0.25, 0.3) is 5.69 Å². The number of carbonyl (C=O) groups excluding carboxylic acids is 1. The van der Waals surface area contributed by atoms with Gasteiger partial charge in [-0.15, -0.1) is 0 Å². The van der Waals surface area contributed by atoms with E-state index < -0.39 is 21.5 Å². The lowest BCUT2D eigenvalue weighted by molar-refractivity contribution is 0.102. The number of amides is 1. The van der Waals surface area contributed by atoms with Gasteiger partial charge < -0.3 is 5.32 Å². The maximum atomic E-state index is 13.2. The van der Waals surface area contributed by atoms with Crippen molar-refractivity contribution < 1.29 is 13.2 Å². The van der Waals surface area contributed by atoms with Crippen LogP contribution in [0.3, 0.4) is 0 Å². The van der Waals surface area contributed by atoms with Crippen LogP contribution in [0.15, 0.2) is 88.6 Å². The first-order valence-electron chi connectivity index (χ1n) is 10.2. The van der Waals surface area contributed by atoms with Crippen LogP contribution < -0.4 is 15.6 Å². The Hall–Kier alpha value is -3.82. The molecule has 0 aliphatic rings. The standard InChI is InChI=1S/C24H21ClN4O4S/c1-16-22(24(31)29(28(16)2)18-11-7-4-8-12-18)27-34(32,33)19-13-14-20(25)21(15-19)26-23(30)17-9-5-3-6-10-17/h3-15,27H,1-2H3,(H,26,30). The topological polar surface area (TPSA) is 102 Å². The molecule has 4 rings (SSSR count). The maximum absolute atomic E-state index is 13.2. The molecule has 4 aromatic rings. The van der Waals surface area contributed by atoms with Crippen LogP contribution in [-0.2, 0) is 17.1 Å². The molecule has 2 N–H and O–H groups in total. The minimum absolute atomic E-state index is 0.0730. The summed E-state index contributed by atoms with van der Waals surface area (Å²) in [6.07, 6.45) is 0. The molecular weight excluding hydrogens is 476 g/mol. The van der Waals surface area contributed by atoms with Gasteiger partial charge in [0.15, 0.2) is 0 Å². The van der Waals surface area contributed by atoms with Gasteiger partial charge in [-0.05, 0) is 49.4 Å². The predicted molar refractivity (Wildman–Crippen MR) is 132 cm³/mol. The molecule has 1 heterocycles. The lowest BCUT2D eigenvalue weighted by Gasteiger charge is -2.11. The SMILES string of the molecule is Cc1c(NS(=O)(=O)c2ccc(Cl)c(NC(=O)c3ccccc3)c2)c(=O)n(-c2ccccc2)n1C. The Labute approximate surface area is 201 Å². The van der Waals surface area contributed by atoms with Crippen LogP contribution in [0.1, 0.15) is 16.1 Å². The molecule has 34 heavy (non-hydrogen) atoms. The molecule has 0 bridgehead atoms. The van der Waals surface area contributed by atoms with Gasteiger partial charge in [-0.1, -0.05) is 48.0 Å². The van der Waals surface area contributed by atoms with Gasteiger partial charge in [0, 0.05) is 12.6 Å². The van der Waals surface area contributed by atoms with E-state index in [1.807, 2.05) is 6.07 Å². The number of para-hydroxylation sites is 1. The van der Waals surface area contributed by atoms with Gasteiger partial charge in [-0.3, -0.25) is 19.0 Å². The van der Waals surface area contributed by atoms with Crippen LogP contribution >= 0.6 is 11.6 Å². The quantitative estimate of drug-likeness (QED) is 0.418. The van der Waals surface area contributed by atoms with E-state index in [0.29, 0.717) is 16.9 Å². The second kappa shape index (κ2) is 9.20. The van der Waals surface area contributed by atoms with E-state index in [1.54, 1.807) is 73.3 Å². The first kappa shape index (κ1) is 23.3. The van der Waals surface area contributed by atoms with Gasteiger partial charge in [-0.25, -0.2) is 13.1 Å². The van der Waals surface area contributed by atoms with Crippen molar-refractivity contribution in [2.24, 2.45) is 7.05 Å². The van der Waals surface area contributed by atoms with Crippen LogP contribution in [0, 0.1) is 6.92 Å². The number of sulfonamides is 1. The highest BCUT2D eigenvalue weighted by Gasteiger charge is 2.23. The summed E-state index contributed by atoms with van der Waals surface area (Å²) in [7, 11) is -2.50. The molecule has 1 aromatic heterocycles. The van der Waals surface area contributed by atoms with E-state index in [1.165, 1.54) is 22.9 Å². The van der Waals surface area contributed by atoms with Crippen LogP contribution in [0.2, 0.25) is 5.02 Å². The zero-order chi connectivity index (χ0) is 24.5. The summed E-state index contributed by atoms with van der Waals surface area (Å²) in [5, 5.41) is 2.80. The first-order chi connectivity index (χ1) is 16.2. The van der Waals surface area contributed by atoms with Gasteiger partial charge in [0.05, 0.1) is 27.0 Å². The van der Waals surface area contributed by atoms with E-state index in [9.17, 15) is 18.0 Å². The third-order valence-electron chi connectivity index (χ3n) is 5.32. The average molecular weight is 497 g/mol. The van der Waals surface area contributed by atoms with Gasteiger partial charge in [0.1, 0.15) is 5.69 Å². The number of nitrogens with one attached hydrogen (secondary N) is 2. The highest BCUT2D eigenvalue weighted by Crippen LogP contribution is 2.27. The molecule has 0 aliphatic carbocycles. The monoisotopic (exact) mass is 496 g/mol. The minimum Gasteiger partial charge on any atom is -0.321 e. The molecule has 1 amide bonds. The highest BCUT2D eigenvalue weighted by molar-refractivity contribution is 7.92. The minimum atomic E-state index is -4.17. The third-order valence-corrected chi connectivity index (χ3v) is 7.00. The van der Waals surface area contributed by atoms with Crippen molar-refractivity contribution in [1.82, 2.24) is 9.36 Å². The zero-order valence-electron chi connectivity index (χ0n) is 18.3. The fourth-order valence-corrected chi connectivity index (χ4v) is 4.74. The second-order valence-electron chi connectivity index (χ2n) is 7.50. The second-order valence-corrected chi connectivity index (χ2v) is 9.59. The molecule has 3 aromatic carbocycles. The maximum Gasteiger partial charge on any atom is 0.296 e. The average Bonchev–Trinajstić information content (AvgIpc) is 3.04. The van der Waals surface area contributed by atoms with E-state index in [-0.39, 0.29) is 21.3 Å². The van der Waals surface area contributed by atoms with Crippen LogP contribution in [0.5, 0.6) is 0 Å². The van der Waals surface area contributed by atoms with Gasteiger partial charge in [-0.2, -0.15) is 0 Å². The number of benzene rings is 3. The summed E-state index contributed by atoms with van der Waals surface area (Å²) in [6.45, 7) is 1.64. The fraction of sp³-hybridized carbons (Fsp3) is 0.0833. The third kappa shape index (κ3) is 4.48. The lowest BCUT2D eigenvalue weighted by Crippen LogP contribution is -2.23. The van der Waals surface area contributed by atoms with Crippen molar-refractivity contribution in [1.29, 1.82) is 0 Å². The number of carbonyl (C=O) groups is 1. The van der Waals surface area contributed by atoms with Crippen molar-refractivity contribution in [2.75, 3.05) is 10.0 Å². The summed E-state index contributed by atoms with van der Waals surface area (Å²) in [6, 6.07) is 21.3. The molecule has 0 saturated carbocycles. The van der Waals surface area contributed by atoms with E-state index in [2.05, 4.69) is 10.0 Å². The molecule has 0 saturated heterocycles. The van der Waals surface area contributed by atoms with E-state index in [4.69, 9.17) is 11.6 Å².